The van der Waals surface area contributed by atoms with Gasteiger partial charge in [-0.05, 0) is 64.7 Å². The van der Waals surface area contributed by atoms with Crippen LogP contribution in [0.5, 0.6) is 0 Å². The second kappa shape index (κ2) is 7.93. The highest BCUT2D eigenvalue weighted by Crippen LogP contribution is 2.35. The summed E-state index contributed by atoms with van der Waals surface area (Å²) in [6.07, 6.45) is 2.56. The van der Waals surface area contributed by atoms with Gasteiger partial charge in [0, 0.05) is 29.4 Å². The van der Waals surface area contributed by atoms with Gasteiger partial charge in [-0.3, -0.25) is 10.1 Å². The Morgan fingerprint density at radius 1 is 1.27 bits per heavy atom. The fourth-order valence-electron chi connectivity index (χ4n) is 3.66. The van der Waals surface area contributed by atoms with Gasteiger partial charge in [-0.1, -0.05) is 0 Å². The number of carboxylic acids is 1. The molecule has 0 fully saturated rings. The van der Waals surface area contributed by atoms with Crippen LogP contribution in [0.3, 0.4) is 0 Å². The molecule has 1 aliphatic carbocycles. The minimum atomic E-state index is -1.35. The number of benzene rings is 1. The Labute approximate surface area is 173 Å². The van der Waals surface area contributed by atoms with Gasteiger partial charge in [0.25, 0.3) is 0 Å². The maximum Gasteiger partial charge on any atom is 0.411 e. The van der Waals surface area contributed by atoms with Gasteiger partial charge in [0.1, 0.15) is 17.0 Å². The topological polar surface area (TPSA) is 97.6 Å². The first-order valence-corrected chi connectivity index (χ1v) is 9.84. The molecule has 30 heavy (non-hydrogen) atoms. The van der Waals surface area contributed by atoms with Crippen LogP contribution < -0.4 is 10.7 Å². The number of nitrogens with zero attached hydrogens (tertiary/aromatic N) is 1. The SMILES string of the molecule is CCn1cc(C(=O)O)c(=O)c2cc(F)c(C3=C(NC(=O)OC(C)(C)C)CCC3)cc21. The number of carbonyl (C=O) groups is 2. The predicted octanol–water partition coefficient (Wildman–Crippen LogP) is 4.28. The van der Waals surface area contributed by atoms with Crippen molar-refractivity contribution in [3.8, 4) is 0 Å². The van der Waals surface area contributed by atoms with Gasteiger partial charge < -0.3 is 14.4 Å². The van der Waals surface area contributed by atoms with Crippen LogP contribution in [0.25, 0.3) is 16.5 Å². The third-order valence-corrected chi connectivity index (χ3v) is 4.93. The molecule has 2 N–H and O–H groups in total. The van der Waals surface area contributed by atoms with E-state index in [0.29, 0.717) is 36.2 Å². The summed E-state index contributed by atoms with van der Waals surface area (Å²) in [7, 11) is 0. The number of aromatic carboxylic acids is 1. The van der Waals surface area contributed by atoms with Crippen LogP contribution in [0.1, 0.15) is 62.9 Å². The molecule has 1 aliphatic rings. The Kier molecular flexibility index (Phi) is 5.70. The number of hydrogen-bond donors (Lipinski definition) is 2. The number of aromatic nitrogens is 1. The zero-order valence-corrected chi connectivity index (χ0v) is 17.5. The average molecular weight is 416 g/mol. The molecule has 1 amide bonds. The fourth-order valence-corrected chi connectivity index (χ4v) is 3.66. The van der Waals surface area contributed by atoms with E-state index in [-0.39, 0.29) is 10.9 Å². The molecule has 2 aromatic rings. The van der Waals surface area contributed by atoms with Crippen molar-refractivity contribution in [2.75, 3.05) is 0 Å². The first kappa shape index (κ1) is 21.5. The number of halogens is 1. The molecular formula is C22H25FN2O5. The van der Waals surface area contributed by atoms with Crippen molar-refractivity contribution < 1.29 is 23.8 Å². The summed E-state index contributed by atoms with van der Waals surface area (Å²) in [5, 5.41) is 12.0. The number of aryl methyl sites for hydroxylation is 1. The van der Waals surface area contributed by atoms with Crippen molar-refractivity contribution >= 4 is 28.5 Å². The number of pyridine rings is 1. The quantitative estimate of drug-likeness (QED) is 0.775. The van der Waals surface area contributed by atoms with E-state index in [1.807, 2.05) is 6.92 Å². The molecule has 0 aliphatic heterocycles. The minimum absolute atomic E-state index is 0.0123. The van der Waals surface area contributed by atoms with Crippen LogP contribution in [0, 0.1) is 5.82 Å². The summed E-state index contributed by atoms with van der Waals surface area (Å²) in [4.78, 5) is 36.1. The van der Waals surface area contributed by atoms with Crippen molar-refractivity contribution in [2.45, 2.75) is 59.1 Å². The van der Waals surface area contributed by atoms with Gasteiger partial charge in [0.2, 0.25) is 5.43 Å². The van der Waals surface area contributed by atoms with Crippen molar-refractivity contribution in [3.63, 3.8) is 0 Å². The molecule has 0 saturated carbocycles. The molecule has 0 atom stereocenters. The highest BCUT2D eigenvalue weighted by atomic mass is 19.1. The lowest BCUT2D eigenvalue weighted by Crippen LogP contribution is -2.32. The molecule has 0 unspecified atom stereocenters. The van der Waals surface area contributed by atoms with Crippen LogP contribution in [0.4, 0.5) is 9.18 Å². The van der Waals surface area contributed by atoms with E-state index in [9.17, 15) is 19.5 Å². The highest BCUT2D eigenvalue weighted by Gasteiger charge is 2.25. The lowest BCUT2D eigenvalue weighted by atomic mass is 10.0. The highest BCUT2D eigenvalue weighted by molar-refractivity contribution is 5.93. The van der Waals surface area contributed by atoms with E-state index >= 15 is 4.39 Å². The second-order valence-corrected chi connectivity index (χ2v) is 8.25. The van der Waals surface area contributed by atoms with Gasteiger partial charge in [0.15, 0.2) is 0 Å². The summed E-state index contributed by atoms with van der Waals surface area (Å²) in [6, 6.07) is 2.64. The monoisotopic (exact) mass is 416 g/mol. The van der Waals surface area contributed by atoms with E-state index in [2.05, 4.69) is 5.32 Å². The maximum atomic E-state index is 15.0. The van der Waals surface area contributed by atoms with Gasteiger partial charge in [-0.2, -0.15) is 0 Å². The Morgan fingerprint density at radius 3 is 2.57 bits per heavy atom. The predicted molar refractivity (Wildman–Crippen MR) is 111 cm³/mol. The molecule has 8 heteroatoms. The van der Waals surface area contributed by atoms with E-state index < -0.39 is 34.5 Å². The van der Waals surface area contributed by atoms with Gasteiger partial charge in [-0.25, -0.2) is 14.0 Å². The summed E-state index contributed by atoms with van der Waals surface area (Å²) in [5.74, 6) is -1.99. The second-order valence-electron chi connectivity index (χ2n) is 8.25. The lowest BCUT2D eigenvalue weighted by Gasteiger charge is -2.20. The van der Waals surface area contributed by atoms with Crippen LogP contribution in [-0.4, -0.2) is 27.3 Å². The fraction of sp³-hybridized carbons (Fsp3) is 0.409. The van der Waals surface area contributed by atoms with Gasteiger partial charge in [-0.15, -0.1) is 0 Å². The number of amides is 1. The van der Waals surface area contributed by atoms with Gasteiger partial charge >= 0.3 is 12.1 Å². The third kappa shape index (κ3) is 4.22. The normalized spacial score (nSPS) is 14.3. The molecule has 1 aromatic heterocycles. The Morgan fingerprint density at radius 2 is 1.97 bits per heavy atom. The number of allylic oxidation sites excluding steroid dienone is 2. The first-order chi connectivity index (χ1) is 14.0. The molecule has 7 nitrogen and oxygen atoms in total. The smallest absolute Gasteiger partial charge is 0.411 e. The summed E-state index contributed by atoms with van der Waals surface area (Å²) < 4.78 is 21.9. The number of fused-ring (bicyclic) bond motifs is 1. The minimum Gasteiger partial charge on any atom is -0.477 e. The van der Waals surface area contributed by atoms with Crippen LogP contribution in [-0.2, 0) is 11.3 Å². The van der Waals surface area contributed by atoms with Crippen LogP contribution in [0.15, 0.2) is 28.8 Å². The molecule has 0 bridgehead atoms. The molecule has 160 valence electrons. The zero-order valence-electron chi connectivity index (χ0n) is 17.5. The van der Waals surface area contributed by atoms with Crippen molar-refractivity contribution in [3.05, 3.63) is 51.2 Å². The standard InChI is InChI=1S/C22H25FN2O5/c1-5-25-11-15(20(27)28)19(26)14-9-16(23)13(10-18(14)25)12-7-6-8-17(12)24-21(29)30-22(2,3)4/h9-11H,5-8H2,1-4H3,(H,24,29)(H,27,28). The lowest BCUT2D eigenvalue weighted by molar-refractivity contribution is 0.0544. The summed E-state index contributed by atoms with van der Waals surface area (Å²) in [6.45, 7) is 7.49. The number of alkyl carbamates (subject to hydrolysis) is 1. The van der Waals surface area contributed by atoms with Crippen molar-refractivity contribution in [1.82, 2.24) is 9.88 Å². The zero-order chi connectivity index (χ0) is 22.2. The number of rotatable bonds is 4. The Hall–Kier alpha value is -3.16. The molecular weight excluding hydrogens is 391 g/mol. The maximum absolute atomic E-state index is 15.0. The Bertz CT molecular complexity index is 1130. The first-order valence-electron chi connectivity index (χ1n) is 9.84. The molecule has 1 aromatic carbocycles. The average Bonchev–Trinajstić information content (AvgIpc) is 3.07. The molecule has 1 heterocycles. The number of nitrogens with one attached hydrogen (secondary N) is 1. The van der Waals surface area contributed by atoms with Crippen molar-refractivity contribution in [2.24, 2.45) is 0 Å². The number of ether oxygens (including phenoxy) is 1. The number of carboxylic acid groups (broad SMARTS) is 1. The van der Waals surface area contributed by atoms with Crippen LogP contribution in [0.2, 0.25) is 0 Å². The number of hydrogen-bond acceptors (Lipinski definition) is 4. The van der Waals surface area contributed by atoms with E-state index in [4.69, 9.17) is 4.74 Å². The Balaban J connectivity index is 2.12. The largest absolute Gasteiger partial charge is 0.477 e. The number of carbonyl (C=O) groups excluding carboxylic acids is 1. The summed E-state index contributed by atoms with van der Waals surface area (Å²) in [5.41, 5.74) is 0.198. The van der Waals surface area contributed by atoms with E-state index in [0.717, 1.165) is 12.5 Å². The van der Waals surface area contributed by atoms with E-state index in [1.54, 1.807) is 31.4 Å². The summed E-state index contributed by atoms with van der Waals surface area (Å²) >= 11 is 0. The molecule has 0 spiro atoms. The van der Waals surface area contributed by atoms with Crippen molar-refractivity contribution in [1.29, 1.82) is 0 Å². The molecule has 3 rings (SSSR count). The van der Waals surface area contributed by atoms with Gasteiger partial charge in [0.05, 0.1) is 5.52 Å². The van der Waals surface area contributed by atoms with E-state index in [1.165, 1.54) is 6.20 Å². The van der Waals surface area contributed by atoms with Crippen LogP contribution >= 0.6 is 0 Å². The third-order valence-electron chi connectivity index (χ3n) is 4.93. The molecule has 0 saturated heterocycles. The molecule has 0 radical (unpaired) electrons.